The fourth-order valence-corrected chi connectivity index (χ4v) is 0.914. The van der Waals surface area contributed by atoms with Crippen LogP contribution in [0.3, 0.4) is 0 Å². The van der Waals surface area contributed by atoms with E-state index in [-0.39, 0.29) is 12.4 Å². The van der Waals surface area contributed by atoms with E-state index in [0.29, 0.717) is 0 Å². The van der Waals surface area contributed by atoms with Crippen molar-refractivity contribution in [2.45, 2.75) is 25.7 Å². The second-order valence-electron chi connectivity index (χ2n) is 2.74. The molecule has 0 rings (SSSR count). The minimum atomic E-state index is 0. The van der Waals surface area contributed by atoms with Crippen LogP contribution in [-0.4, -0.2) is 26.2 Å². The Bertz CT molecular complexity index is 63.3. The first-order valence-electron chi connectivity index (χ1n) is 4.52. The van der Waals surface area contributed by atoms with Gasteiger partial charge in [0.1, 0.15) is 0 Å². The summed E-state index contributed by atoms with van der Waals surface area (Å²) in [5, 5.41) is 3.34. The summed E-state index contributed by atoms with van der Waals surface area (Å²) >= 11 is 0. The third-order valence-corrected chi connectivity index (χ3v) is 1.62. The van der Waals surface area contributed by atoms with Gasteiger partial charge in [-0.25, -0.2) is 0 Å². The van der Waals surface area contributed by atoms with Crippen LogP contribution in [0.25, 0.3) is 0 Å². The standard InChI is InChI=1S/C8H21N3.ClH/c9-5-1-3-7-11-8-4-2-6-10;/h11H,1-10H2;1H. The first-order chi connectivity index (χ1) is 5.41. The van der Waals surface area contributed by atoms with Crippen LogP contribution in [0.1, 0.15) is 25.7 Å². The van der Waals surface area contributed by atoms with Crippen LogP contribution in [-0.2, 0) is 0 Å². The molecule has 0 atom stereocenters. The molecule has 0 radical (unpaired) electrons. The van der Waals surface area contributed by atoms with Crippen LogP contribution in [0.5, 0.6) is 0 Å². The lowest BCUT2D eigenvalue weighted by Gasteiger charge is -2.02. The first kappa shape index (κ1) is 14.7. The maximum Gasteiger partial charge on any atom is -0.00484 e. The molecule has 5 N–H and O–H groups in total. The zero-order valence-corrected chi connectivity index (χ0v) is 8.54. The Kier molecular flexibility index (Phi) is 16.8. The van der Waals surface area contributed by atoms with Gasteiger partial charge in [-0.2, -0.15) is 0 Å². The lowest BCUT2D eigenvalue weighted by atomic mass is 10.3. The van der Waals surface area contributed by atoms with Gasteiger partial charge >= 0.3 is 0 Å². The summed E-state index contributed by atoms with van der Waals surface area (Å²) in [5.41, 5.74) is 10.7. The third kappa shape index (κ3) is 12.8. The summed E-state index contributed by atoms with van der Waals surface area (Å²) in [6.07, 6.45) is 4.64. The van der Waals surface area contributed by atoms with Crippen molar-refractivity contribution >= 4 is 12.4 Å². The molecule has 0 spiro atoms. The van der Waals surface area contributed by atoms with E-state index in [0.717, 1.165) is 39.0 Å². The van der Waals surface area contributed by atoms with Gasteiger partial charge in [-0.15, -0.1) is 12.4 Å². The topological polar surface area (TPSA) is 64.1 Å². The average molecular weight is 196 g/mol. The van der Waals surface area contributed by atoms with Gasteiger partial charge in [0.2, 0.25) is 0 Å². The van der Waals surface area contributed by atoms with E-state index < -0.39 is 0 Å². The van der Waals surface area contributed by atoms with Crippen molar-refractivity contribution in [3.63, 3.8) is 0 Å². The minimum absolute atomic E-state index is 0. The molecule has 0 fully saturated rings. The molecule has 12 heavy (non-hydrogen) atoms. The van der Waals surface area contributed by atoms with Gasteiger partial charge in [0, 0.05) is 0 Å². The van der Waals surface area contributed by atoms with E-state index in [1.807, 2.05) is 0 Å². The van der Waals surface area contributed by atoms with Gasteiger partial charge in [0.05, 0.1) is 0 Å². The summed E-state index contributed by atoms with van der Waals surface area (Å²) in [5.74, 6) is 0. The number of hydrogen-bond donors (Lipinski definition) is 3. The van der Waals surface area contributed by atoms with E-state index >= 15 is 0 Å². The Labute approximate surface area is 81.7 Å². The molecule has 0 unspecified atom stereocenters. The normalized spacial score (nSPS) is 9.50. The number of hydrogen-bond acceptors (Lipinski definition) is 3. The van der Waals surface area contributed by atoms with E-state index in [1.54, 1.807) is 0 Å². The molecule has 4 heteroatoms. The predicted octanol–water partition coefficient (Wildman–Crippen LogP) is 0.476. The quantitative estimate of drug-likeness (QED) is 0.494. The molecule has 0 saturated carbocycles. The minimum Gasteiger partial charge on any atom is -0.330 e. The molecule has 0 aliphatic carbocycles. The maximum atomic E-state index is 5.35. The van der Waals surface area contributed by atoms with Crippen LogP contribution in [0.15, 0.2) is 0 Å². The van der Waals surface area contributed by atoms with Crippen molar-refractivity contribution in [2.75, 3.05) is 26.2 Å². The van der Waals surface area contributed by atoms with Crippen molar-refractivity contribution in [1.82, 2.24) is 5.32 Å². The SMILES string of the molecule is Cl.NCCCCNCCCCN. The van der Waals surface area contributed by atoms with Crippen molar-refractivity contribution < 1.29 is 0 Å². The smallest absolute Gasteiger partial charge is 0.00484 e. The molecule has 0 bridgehead atoms. The maximum absolute atomic E-state index is 5.35. The van der Waals surface area contributed by atoms with Crippen LogP contribution < -0.4 is 16.8 Å². The molecule has 0 aromatic rings. The summed E-state index contributed by atoms with van der Waals surface area (Å²) in [7, 11) is 0. The number of unbranched alkanes of at least 4 members (excludes halogenated alkanes) is 2. The summed E-state index contributed by atoms with van der Waals surface area (Å²) in [6, 6.07) is 0. The van der Waals surface area contributed by atoms with Crippen molar-refractivity contribution in [2.24, 2.45) is 11.5 Å². The zero-order valence-electron chi connectivity index (χ0n) is 7.72. The largest absolute Gasteiger partial charge is 0.330 e. The van der Waals surface area contributed by atoms with E-state index in [9.17, 15) is 0 Å². The zero-order chi connectivity index (χ0) is 8.36. The Morgan fingerprint density at radius 3 is 1.50 bits per heavy atom. The second kappa shape index (κ2) is 13.7. The molecule has 0 aliphatic heterocycles. The Morgan fingerprint density at radius 1 is 0.750 bits per heavy atom. The molecule has 3 nitrogen and oxygen atoms in total. The van der Waals surface area contributed by atoms with E-state index in [2.05, 4.69) is 5.32 Å². The molecular weight excluding hydrogens is 174 g/mol. The first-order valence-corrected chi connectivity index (χ1v) is 4.52. The van der Waals surface area contributed by atoms with E-state index in [4.69, 9.17) is 11.5 Å². The molecular formula is C8H22ClN3. The van der Waals surface area contributed by atoms with Crippen molar-refractivity contribution in [1.29, 1.82) is 0 Å². The highest BCUT2D eigenvalue weighted by molar-refractivity contribution is 5.85. The average Bonchev–Trinajstić information content (AvgIpc) is 2.03. The number of nitrogens with two attached hydrogens (primary N) is 2. The van der Waals surface area contributed by atoms with Gasteiger partial charge in [-0.3, -0.25) is 0 Å². The number of rotatable bonds is 8. The van der Waals surface area contributed by atoms with Crippen LogP contribution in [0.2, 0.25) is 0 Å². The Balaban J connectivity index is 0. The highest BCUT2D eigenvalue weighted by Gasteiger charge is 1.87. The monoisotopic (exact) mass is 195 g/mol. The third-order valence-electron chi connectivity index (χ3n) is 1.62. The molecule has 0 heterocycles. The molecule has 0 aromatic heterocycles. The molecule has 0 aliphatic rings. The van der Waals surface area contributed by atoms with Gasteiger partial charge < -0.3 is 16.8 Å². The van der Waals surface area contributed by atoms with Crippen LogP contribution in [0.4, 0.5) is 0 Å². The lowest BCUT2D eigenvalue weighted by molar-refractivity contribution is 0.595. The van der Waals surface area contributed by atoms with E-state index in [1.165, 1.54) is 12.8 Å². The Morgan fingerprint density at radius 2 is 1.17 bits per heavy atom. The van der Waals surface area contributed by atoms with Crippen molar-refractivity contribution in [3.8, 4) is 0 Å². The number of halogens is 1. The molecule has 0 aromatic carbocycles. The van der Waals surface area contributed by atoms with Crippen LogP contribution in [0, 0.1) is 0 Å². The second-order valence-corrected chi connectivity index (χ2v) is 2.74. The lowest BCUT2D eigenvalue weighted by Crippen LogP contribution is -2.18. The molecule has 0 saturated heterocycles. The fourth-order valence-electron chi connectivity index (χ4n) is 0.914. The summed E-state index contributed by atoms with van der Waals surface area (Å²) in [4.78, 5) is 0. The van der Waals surface area contributed by atoms with Gasteiger partial charge in [-0.05, 0) is 51.9 Å². The van der Waals surface area contributed by atoms with Crippen LogP contribution >= 0.6 is 12.4 Å². The molecule has 0 amide bonds. The predicted molar refractivity (Wildman–Crippen MR) is 56.7 cm³/mol. The van der Waals surface area contributed by atoms with Crippen molar-refractivity contribution in [3.05, 3.63) is 0 Å². The number of nitrogens with one attached hydrogen (secondary N) is 1. The summed E-state index contributed by atoms with van der Waals surface area (Å²) < 4.78 is 0. The highest BCUT2D eigenvalue weighted by Crippen LogP contribution is 1.85. The summed E-state index contributed by atoms with van der Waals surface area (Å²) in [6.45, 7) is 3.82. The van der Waals surface area contributed by atoms with Gasteiger partial charge in [0.15, 0.2) is 0 Å². The highest BCUT2D eigenvalue weighted by atomic mass is 35.5. The molecule has 76 valence electrons. The van der Waals surface area contributed by atoms with Gasteiger partial charge in [-0.1, -0.05) is 0 Å². The fraction of sp³-hybridized carbons (Fsp3) is 1.00. The van der Waals surface area contributed by atoms with Gasteiger partial charge in [0.25, 0.3) is 0 Å². The Hall–Kier alpha value is 0.170.